The van der Waals surface area contributed by atoms with Crippen LogP contribution in [0.25, 0.3) is 0 Å². The number of amides is 2. The maximum Gasteiger partial charge on any atom is 0.269 e. The van der Waals surface area contributed by atoms with Gasteiger partial charge in [-0.05, 0) is 61.1 Å². The molecule has 3 N–H and O–H groups in total. The highest BCUT2D eigenvalue weighted by atomic mass is 79.9. The van der Waals surface area contributed by atoms with Crippen LogP contribution in [0, 0.1) is 6.92 Å². The maximum absolute atomic E-state index is 12.0. The first-order valence-corrected chi connectivity index (χ1v) is 8.98. The second-order valence-corrected chi connectivity index (χ2v) is 6.86. The zero-order valence-electron chi connectivity index (χ0n) is 13.6. The number of carbonyl (C=O) groups excluding carboxylic acids is 2. The Morgan fingerprint density at radius 2 is 1.85 bits per heavy atom. The molecular weight excluding hydrogens is 442 g/mol. The Hall–Kier alpha value is -2.16. The average molecular weight is 457 g/mol. The van der Waals surface area contributed by atoms with Gasteiger partial charge < -0.3 is 4.74 Å². The third kappa shape index (κ3) is 6.29. The molecule has 0 aromatic heterocycles. The lowest BCUT2D eigenvalue weighted by molar-refractivity contribution is -0.121. The number of carbonyl (C=O) groups is 2. The number of benzene rings is 2. The molecule has 0 atom stereocenters. The van der Waals surface area contributed by atoms with Crippen molar-refractivity contribution >= 4 is 56.7 Å². The van der Waals surface area contributed by atoms with Gasteiger partial charge in [-0.15, -0.1) is 0 Å². The summed E-state index contributed by atoms with van der Waals surface area (Å²) in [7, 11) is 0. The van der Waals surface area contributed by atoms with E-state index in [4.69, 9.17) is 28.6 Å². The van der Waals surface area contributed by atoms with Crippen LogP contribution in [0.5, 0.6) is 5.75 Å². The van der Waals surface area contributed by atoms with E-state index in [2.05, 4.69) is 32.1 Å². The standard InChI is InChI=1S/C17H15BrClN3O3S/c1-10-2-3-11(8-14(10)18)16(24)21-22-17(26)20-15(23)9-25-13-6-4-12(19)5-7-13/h2-8H,9H2,1H3,(H,21,24)(H2,20,22,23,26). The summed E-state index contributed by atoms with van der Waals surface area (Å²) in [6.45, 7) is 1.68. The molecule has 0 aliphatic carbocycles. The Balaban J connectivity index is 1.75. The Labute approximate surface area is 169 Å². The average Bonchev–Trinajstić information content (AvgIpc) is 2.61. The molecule has 0 saturated heterocycles. The van der Waals surface area contributed by atoms with Crippen molar-refractivity contribution < 1.29 is 14.3 Å². The van der Waals surface area contributed by atoms with Crippen LogP contribution >= 0.6 is 39.7 Å². The number of aryl methyl sites for hydroxylation is 1. The van der Waals surface area contributed by atoms with Crippen LogP contribution in [0.2, 0.25) is 5.02 Å². The highest BCUT2D eigenvalue weighted by Gasteiger charge is 2.09. The van der Waals surface area contributed by atoms with Gasteiger partial charge in [-0.25, -0.2) is 0 Å². The van der Waals surface area contributed by atoms with Crippen molar-refractivity contribution in [3.8, 4) is 5.75 Å². The largest absolute Gasteiger partial charge is 0.484 e. The topological polar surface area (TPSA) is 79.5 Å². The second kappa shape index (κ2) is 9.51. The van der Waals surface area contributed by atoms with E-state index in [1.807, 2.05) is 13.0 Å². The van der Waals surface area contributed by atoms with Crippen LogP contribution < -0.4 is 20.9 Å². The Morgan fingerprint density at radius 1 is 1.15 bits per heavy atom. The van der Waals surface area contributed by atoms with E-state index in [-0.39, 0.29) is 17.6 Å². The molecule has 26 heavy (non-hydrogen) atoms. The van der Waals surface area contributed by atoms with Crippen LogP contribution in [0.4, 0.5) is 0 Å². The van der Waals surface area contributed by atoms with Crippen LogP contribution in [0.15, 0.2) is 46.9 Å². The molecule has 136 valence electrons. The Morgan fingerprint density at radius 3 is 2.50 bits per heavy atom. The smallest absolute Gasteiger partial charge is 0.269 e. The van der Waals surface area contributed by atoms with Gasteiger partial charge in [0.1, 0.15) is 5.75 Å². The lowest BCUT2D eigenvalue weighted by Crippen LogP contribution is -2.49. The van der Waals surface area contributed by atoms with E-state index in [0.29, 0.717) is 16.3 Å². The summed E-state index contributed by atoms with van der Waals surface area (Å²) in [6.07, 6.45) is 0. The van der Waals surface area contributed by atoms with Crippen molar-refractivity contribution in [1.29, 1.82) is 0 Å². The zero-order chi connectivity index (χ0) is 19.1. The van der Waals surface area contributed by atoms with Crippen LogP contribution in [-0.4, -0.2) is 23.5 Å². The van der Waals surface area contributed by atoms with Gasteiger partial charge in [-0.2, -0.15) is 0 Å². The minimum atomic E-state index is -0.468. The van der Waals surface area contributed by atoms with E-state index in [1.54, 1.807) is 36.4 Å². The third-order valence-corrected chi connectivity index (χ3v) is 4.47. The molecule has 0 aliphatic heterocycles. The molecule has 0 bridgehead atoms. The van der Waals surface area contributed by atoms with Crippen molar-refractivity contribution in [1.82, 2.24) is 16.2 Å². The summed E-state index contributed by atoms with van der Waals surface area (Å²) in [5, 5.41) is 2.92. The number of halogens is 2. The molecule has 6 nitrogen and oxygen atoms in total. The van der Waals surface area contributed by atoms with Gasteiger partial charge in [0.05, 0.1) is 0 Å². The number of hydrogen-bond donors (Lipinski definition) is 3. The zero-order valence-corrected chi connectivity index (χ0v) is 16.8. The summed E-state index contributed by atoms with van der Waals surface area (Å²) in [4.78, 5) is 23.8. The molecule has 9 heteroatoms. The monoisotopic (exact) mass is 455 g/mol. The fourth-order valence-corrected chi connectivity index (χ4v) is 2.46. The van der Waals surface area contributed by atoms with Crippen molar-refractivity contribution in [3.63, 3.8) is 0 Å². The number of hydrazine groups is 1. The van der Waals surface area contributed by atoms with Crippen LogP contribution in [0.1, 0.15) is 15.9 Å². The Kier molecular flexibility index (Phi) is 7.38. The molecule has 0 radical (unpaired) electrons. The highest BCUT2D eigenvalue weighted by Crippen LogP contribution is 2.17. The van der Waals surface area contributed by atoms with E-state index >= 15 is 0 Å². The molecule has 0 spiro atoms. The minimum absolute atomic E-state index is 0.0470. The van der Waals surface area contributed by atoms with Gasteiger partial charge in [0.2, 0.25) is 0 Å². The van der Waals surface area contributed by atoms with Crippen molar-refractivity contribution in [2.24, 2.45) is 0 Å². The van der Waals surface area contributed by atoms with Crippen LogP contribution in [0.3, 0.4) is 0 Å². The molecule has 2 amide bonds. The van der Waals surface area contributed by atoms with Gasteiger partial charge in [-0.1, -0.05) is 33.6 Å². The van der Waals surface area contributed by atoms with Gasteiger partial charge >= 0.3 is 0 Å². The predicted molar refractivity (Wildman–Crippen MR) is 107 cm³/mol. The van der Waals surface area contributed by atoms with Crippen molar-refractivity contribution in [2.75, 3.05) is 6.61 Å². The normalized spacial score (nSPS) is 9.96. The number of nitrogens with one attached hydrogen (secondary N) is 3. The fourth-order valence-electron chi connectivity index (χ4n) is 1.79. The molecule has 0 fully saturated rings. The van der Waals surface area contributed by atoms with E-state index in [9.17, 15) is 9.59 Å². The van der Waals surface area contributed by atoms with E-state index in [1.165, 1.54) is 0 Å². The first-order chi connectivity index (χ1) is 12.3. The van der Waals surface area contributed by atoms with Crippen LogP contribution in [-0.2, 0) is 4.79 Å². The third-order valence-electron chi connectivity index (χ3n) is 3.16. The summed E-state index contributed by atoms with van der Waals surface area (Å²) in [5.74, 6) is -0.355. The lowest BCUT2D eigenvalue weighted by atomic mass is 10.1. The van der Waals surface area contributed by atoms with Crippen molar-refractivity contribution in [3.05, 3.63) is 63.1 Å². The molecule has 0 heterocycles. The van der Waals surface area contributed by atoms with E-state index in [0.717, 1.165) is 10.0 Å². The molecule has 0 unspecified atom stereocenters. The molecule has 0 saturated carbocycles. The number of rotatable bonds is 4. The predicted octanol–water partition coefficient (Wildman–Crippen LogP) is 3.13. The number of thiocarbonyl (C=S) groups is 1. The SMILES string of the molecule is Cc1ccc(C(=O)NNC(=S)NC(=O)COc2ccc(Cl)cc2)cc1Br. The molecule has 2 rings (SSSR count). The summed E-state index contributed by atoms with van der Waals surface area (Å²) in [5.41, 5.74) is 6.32. The summed E-state index contributed by atoms with van der Waals surface area (Å²) < 4.78 is 6.11. The minimum Gasteiger partial charge on any atom is -0.484 e. The van der Waals surface area contributed by atoms with Gasteiger partial charge in [0, 0.05) is 15.1 Å². The first kappa shape index (κ1) is 20.2. The molecule has 0 aliphatic rings. The van der Waals surface area contributed by atoms with E-state index < -0.39 is 5.91 Å². The maximum atomic E-state index is 12.0. The highest BCUT2D eigenvalue weighted by molar-refractivity contribution is 9.10. The summed E-state index contributed by atoms with van der Waals surface area (Å²) in [6, 6.07) is 11.8. The number of hydrogen-bond acceptors (Lipinski definition) is 4. The quantitative estimate of drug-likeness (QED) is 0.487. The van der Waals surface area contributed by atoms with Crippen molar-refractivity contribution in [2.45, 2.75) is 6.92 Å². The second-order valence-electron chi connectivity index (χ2n) is 5.16. The fraction of sp³-hybridized carbons (Fsp3) is 0.118. The van der Waals surface area contributed by atoms with Gasteiger partial charge in [0.25, 0.3) is 11.8 Å². The molecular formula is C17H15BrClN3O3S. The molecule has 2 aromatic carbocycles. The first-order valence-electron chi connectivity index (χ1n) is 7.40. The van der Waals surface area contributed by atoms with Gasteiger partial charge in [0.15, 0.2) is 11.7 Å². The lowest BCUT2D eigenvalue weighted by Gasteiger charge is -2.12. The molecule has 2 aromatic rings. The van der Waals surface area contributed by atoms with Gasteiger partial charge in [-0.3, -0.25) is 25.8 Å². The summed E-state index contributed by atoms with van der Waals surface area (Å²) >= 11 is 14.1. The number of ether oxygens (including phenoxy) is 1. The Bertz CT molecular complexity index is 831.